The molecule has 98 valence electrons. The number of fused-ring (bicyclic) bond motifs is 1. The second-order valence-electron chi connectivity index (χ2n) is 4.48. The molecular weight excluding hydrogens is 275 g/mol. The van der Waals surface area contributed by atoms with Crippen LogP contribution in [0.1, 0.15) is 15.9 Å². The quantitative estimate of drug-likeness (QED) is 0.614. The number of rotatable bonds is 2. The first-order valence-corrected chi connectivity index (χ1v) is 6.52. The maximum Gasteiger partial charge on any atom is 0.196 e. The standard InChI is InChI=1S/C17H10ClFO/c18-12-8-9-16(19)15(10-12)17(20)14-7-3-5-11-4-1-2-6-13(11)14/h1-10H. The van der Waals surface area contributed by atoms with Crippen LogP contribution in [0.4, 0.5) is 4.39 Å². The first kappa shape index (κ1) is 12.8. The molecule has 0 saturated carbocycles. The summed E-state index contributed by atoms with van der Waals surface area (Å²) in [6, 6.07) is 16.9. The third-order valence-electron chi connectivity index (χ3n) is 3.21. The van der Waals surface area contributed by atoms with E-state index in [-0.39, 0.29) is 11.3 Å². The summed E-state index contributed by atoms with van der Waals surface area (Å²) in [7, 11) is 0. The Morgan fingerprint density at radius 1 is 0.900 bits per heavy atom. The highest BCUT2D eigenvalue weighted by Gasteiger charge is 2.16. The van der Waals surface area contributed by atoms with Gasteiger partial charge in [0, 0.05) is 10.6 Å². The maximum absolute atomic E-state index is 13.8. The molecule has 3 rings (SSSR count). The molecule has 0 radical (unpaired) electrons. The zero-order chi connectivity index (χ0) is 14.1. The van der Waals surface area contributed by atoms with Gasteiger partial charge in [-0.2, -0.15) is 0 Å². The highest BCUT2D eigenvalue weighted by molar-refractivity contribution is 6.31. The average molecular weight is 285 g/mol. The molecule has 0 unspecified atom stereocenters. The van der Waals surface area contributed by atoms with E-state index < -0.39 is 5.82 Å². The van der Waals surface area contributed by atoms with Crippen molar-refractivity contribution >= 4 is 28.2 Å². The minimum atomic E-state index is -0.563. The largest absolute Gasteiger partial charge is 0.288 e. The fourth-order valence-corrected chi connectivity index (χ4v) is 2.41. The Balaban J connectivity index is 2.20. The van der Waals surface area contributed by atoms with Crippen molar-refractivity contribution in [3.8, 4) is 0 Å². The van der Waals surface area contributed by atoms with Crippen LogP contribution in [0, 0.1) is 5.82 Å². The zero-order valence-corrected chi connectivity index (χ0v) is 11.2. The molecule has 3 aromatic rings. The van der Waals surface area contributed by atoms with Gasteiger partial charge in [0.2, 0.25) is 0 Å². The SMILES string of the molecule is O=C(c1cc(Cl)ccc1F)c1cccc2ccccc12. The molecule has 3 heteroatoms. The molecule has 3 aromatic carbocycles. The first-order chi connectivity index (χ1) is 9.66. The van der Waals surface area contributed by atoms with Crippen LogP contribution in [0.25, 0.3) is 10.8 Å². The molecule has 0 heterocycles. The molecule has 0 bridgehead atoms. The molecule has 0 aliphatic heterocycles. The third-order valence-corrected chi connectivity index (χ3v) is 3.44. The lowest BCUT2D eigenvalue weighted by molar-refractivity contribution is 0.103. The molecule has 1 nitrogen and oxygen atoms in total. The zero-order valence-electron chi connectivity index (χ0n) is 10.4. The second-order valence-corrected chi connectivity index (χ2v) is 4.92. The average Bonchev–Trinajstić information content (AvgIpc) is 2.48. The molecule has 0 aliphatic carbocycles. The summed E-state index contributed by atoms with van der Waals surface area (Å²) in [5.74, 6) is -0.922. The van der Waals surface area contributed by atoms with Crippen molar-refractivity contribution in [2.24, 2.45) is 0 Å². The summed E-state index contributed by atoms with van der Waals surface area (Å²) in [6.45, 7) is 0. The molecule has 0 fully saturated rings. The minimum Gasteiger partial charge on any atom is -0.288 e. The Labute approximate surface area is 120 Å². The molecule has 0 amide bonds. The fraction of sp³-hybridized carbons (Fsp3) is 0. The van der Waals surface area contributed by atoms with Crippen LogP contribution in [-0.2, 0) is 0 Å². The summed E-state index contributed by atoms with van der Waals surface area (Å²) in [6.07, 6.45) is 0. The molecule has 0 aliphatic rings. The lowest BCUT2D eigenvalue weighted by Crippen LogP contribution is -2.05. The molecule has 20 heavy (non-hydrogen) atoms. The lowest BCUT2D eigenvalue weighted by Gasteiger charge is -2.07. The number of carbonyl (C=O) groups excluding carboxylic acids is 1. The molecule has 0 aromatic heterocycles. The van der Waals surface area contributed by atoms with Gasteiger partial charge in [-0.05, 0) is 29.0 Å². The van der Waals surface area contributed by atoms with Crippen molar-refractivity contribution in [1.29, 1.82) is 0 Å². The van der Waals surface area contributed by atoms with Crippen LogP contribution >= 0.6 is 11.6 Å². The fourth-order valence-electron chi connectivity index (χ4n) is 2.24. The van der Waals surface area contributed by atoms with E-state index in [1.165, 1.54) is 18.2 Å². The van der Waals surface area contributed by atoms with Crippen molar-refractivity contribution in [3.63, 3.8) is 0 Å². The Hall–Kier alpha value is -2.19. The van der Waals surface area contributed by atoms with Crippen molar-refractivity contribution in [2.45, 2.75) is 0 Å². The van der Waals surface area contributed by atoms with E-state index in [0.717, 1.165) is 10.8 Å². The first-order valence-electron chi connectivity index (χ1n) is 6.14. The summed E-state index contributed by atoms with van der Waals surface area (Å²) < 4.78 is 13.8. The van der Waals surface area contributed by atoms with E-state index in [0.29, 0.717) is 10.6 Å². The lowest BCUT2D eigenvalue weighted by atomic mass is 9.97. The second kappa shape index (κ2) is 5.06. The van der Waals surface area contributed by atoms with Gasteiger partial charge < -0.3 is 0 Å². The molecule has 0 spiro atoms. The number of hydrogen-bond acceptors (Lipinski definition) is 1. The maximum atomic E-state index is 13.8. The van der Waals surface area contributed by atoms with E-state index in [1.807, 2.05) is 30.3 Å². The van der Waals surface area contributed by atoms with Gasteiger partial charge in [-0.3, -0.25) is 4.79 Å². The van der Waals surface area contributed by atoms with E-state index in [2.05, 4.69) is 0 Å². The summed E-state index contributed by atoms with van der Waals surface area (Å²) >= 11 is 5.85. The monoisotopic (exact) mass is 284 g/mol. The van der Waals surface area contributed by atoms with Crippen LogP contribution in [0.15, 0.2) is 60.7 Å². The Kier molecular flexibility index (Phi) is 3.25. The Bertz CT molecular complexity index is 806. The molecule has 0 atom stereocenters. The van der Waals surface area contributed by atoms with Crippen LogP contribution in [0.3, 0.4) is 0 Å². The summed E-state index contributed by atoms with van der Waals surface area (Å²) in [4.78, 5) is 12.5. The molecule has 0 N–H and O–H groups in total. The normalized spacial score (nSPS) is 10.7. The van der Waals surface area contributed by atoms with Gasteiger partial charge in [0.25, 0.3) is 0 Å². The van der Waals surface area contributed by atoms with Gasteiger partial charge in [0.1, 0.15) is 5.82 Å². The number of benzene rings is 3. The van der Waals surface area contributed by atoms with E-state index in [1.54, 1.807) is 12.1 Å². The highest BCUT2D eigenvalue weighted by atomic mass is 35.5. The summed E-state index contributed by atoms with van der Waals surface area (Å²) in [5, 5.41) is 2.09. The van der Waals surface area contributed by atoms with Crippen LogP contribution < -0.4 is 0 Å². The van der Waals surface area contributed by atoms with E-state index in [4.69, 9.17) is 11.6 Å². The smallest absolute Gasteiger partial charge is 0.196 e. The van der Waals surface area contributed by atoms with Gasteiger partial charge in [-0.25, -0.2) is 4.39 Å². The van der Waals surface area contributed by atoms with Gasteiger partial charge in [-0.15, -0.1) is 0 Å². The van der Waals surface area contributed by atoms with E-state index >= 15 is 0 Å². The van der Waals surface area contributed by atoms with Crippen molar-refractivity contribution in [3.05, 3.63) is 82.6 Å². The van der Waals surface area contributed by atoms with Crippen LogP contribution in [0.2, 0.25) is 5.02 Å². The third kappa shape index (κ3) is 2.19. The van der Waals surface area contributed by atoms with Crippen molar-refractivity contribution in [2.75, 3.05) is 0 Å². The van der Waals surface area contributed by atoms with Crippen molar-refractivity contribution in [1.82, 2.24) is 0 Å². The number of carbonyl (C=O) groups is 1. The minimum absolute atomic E-state index is 0.00569. The predicted octanol–water partition coefficient (Wildman–Crippen LogP) is 4.86. The van der Waals surface area contributed by atoms with Gasteiger partial charge in [0.05, 0.1) is 5.56 Å². The van der Waals surface area contributed by atoms with Crippen LogP contribution in [-0.4, -0.2) is 5.78 Å². The number of hydrogen-bond donors (Lipinski definition) is 0. The molecule has 0 saturated heterocycles. The predicted molar refractivity (Wildman–Crippen MR) is 78.8 cm³/mol. The number of ketones is 1. The van der Waals surface area contributed by atoms with E-state index in [9.17, 15) is 9.18 Å². The van der Waals surface area contributed by atoms with Gasteiger partial charge in [-0.1, -0.05) is 54.1 Å². The highest BCUT2D eigenvalue weighted by Crippen LogP contribution is 2.24. The van der Waals surface area contributed by atoms with Gasteiger partial charge in [0.15, 0.2) is 5.78 Å². The van der Waals surface area contributed by atoms with Crippen LogP contribution in [0.5, 0.6) is 0 Å². The Morgan fingerprint density at radius 3 is 2.50 bits per heavy atom. The topological polar surface area (TPSA) is 17.1 Å². The van der Waals surface area contributed by atoms with Crippen molar-refractivity contribution < 1.29 is 9.18 Å². The molecular formula is C17H10ClFO. The number of halogens is 2. The summed E-state index contributed by atoms with van der Waals surface area (Å²) in [5.41, 5.74) is 0.470. The van der Waals surface area contributed by atoms with Gasteiger partial charge >= 0.3 is 0 Å². The Morgan fingerprint density at radius 2 is 1.65 bits per heavy atom.